The number of unbranched alkanes of at least 4 members (excludes halogenated alkanes) is 1. The molecule has 0 spiro atoms. The van der Waals surface area contributed by atoms with Gasteiger partial charge in [-0.2, -0.15) is 0 Å². The van der Waals surface area contributed by atoms with E-state index in [4.69, 9.17) is 5.11 Å². The molecule has 1 N–H and O–H groups in total. The predicted molar refractivity (Wildman–Crippen MR) is 43.5 cm³/mol. The van der Waals surface area contributed by atoms with Gasteiger partial charge in [-0.1, -0.05) is 19.4 Å². The van der Waals surface area contributed by atoms with Crippen molar-refractivity contribution in [2.75, 3.05) is 0 Å². The fourth-order valence-electron chi connectivity index (χ4n) is 0.448. The molecule has 0 aliphatic rings. The van der Waals surface area contributed by atoms with E-state index in [0.717, 1.165) is 12.8 Å². The average molecular weight is 165 g/mol. The number of carboxylic acids is 1. The minimum atomic E-state index is -0.816. The molecule has 0 heterocycles. The number of hydrogen-bond donors (Lipinski definition) is 1. The second-order valence-electron chi connectivity index (χ2n) is 1.98. The van der Waals surface area contributed by atoms with E-state index in [-0.39, 0.29) is 12.4 Å². The molecule has 2 nitrogen and oxygen atoms in total. The lowest BCUT2D eigenvalue weighted by atomic mass is 10.2. The van der Waals surface area contributed by atoms with Crippen LogP contribution in [0, 0.1) is 0 Å². The Bertz CT molecular complexity index is 130. The Morgan fingerprint density at radius 3 is 2.40 bits per heavy atom. The van der Waals surface area contributed by atoms with E-state index in [0.29, 0.717) is 5.57 Å². The number of halogens is 1. The quantitative estimate of drug-likeness (QED) is 0.650. The molecule has 0 aliphatic carbocycles. The first kappa shape index (κ1) is 12.2. The number of allylic oxidation sites excluding steroid dienone is 1. The number of hydrogen-bond acceptors (Lipinski definition) is 1. The maximum absolute atomic E-state index is 10.1. The van der Waals surface area contributed by atoms with Crippen molar-refractivity contribution in [3.63, 3.8) is 0 Å². The molecule has 0 aliphatic heterocycles. The van der Waals surface area contributed by atoms with Crippen LogP contribution >= 0.6 is 12.4 Å². The molecule has 3 heteroatoms. The standard InChI is InChI=1S/C7H12O2.ClH/c1-3-4-5-6(2)7(8)9;/h5H,3-4H2,1-2H3,(H,8,9);1H/b6-5+;. The lowest BCUT2D eigenvalue weighted by Gasteiger charge is -1.89. The molecule has 0 unspecified atom stereocenters. The smallest absolute Gasteiger partial charge is 0.330 e. The van der Waals surface area contributed by atoms with E-state index in [9.17, 15) is 4.79 Å². The molecular formula is C7H13ClO2. The minimum absolute atomic E-state index is 0. The summed E-state index contributed by atoms with van der Waals surface area (Å²) < 4.78 is 0. The van der Waals surface area contributed by atoms with Crippen molar-refractivity contribution >= 4 is 18.4 Å². The molecule has 0 radical (unpaired) electrons. The first-order valence-electron chi connectivity index (χ1n) is 3.08. The molecule has 0 saturated carbocycles. The summed E-state index contributed by atoms with van der Waals surface area (Å²) >= 11 is 0. The zero-order chi connectivity index (χ0) is 7.28. The Balaban J connectivity index is 0. The molecule has 0 aromatic heterocycles. The average Bonchev–Trinajstić information content (AvgIpc) is 1.82. The maximum atomic E-state index is 10.1. The van der Waals surface area contributed by atoms with Crippen molar-refractivity contribution in [1.29, 1.82) is 0 Å². The van der Waals surface area contributed by atoms with Gasteiger partial charge in [0.2, 0.25) is 0 Å². The van der Waals surface area contributed by atoms with Crippen LogP contribution in [0.3, 0.4) is 0 Å². The summed E-state index contributed by atoms with van der Waals surface area (Å²) in [5, 5.41) is 8.34. The normalized spacial score (nSPS) is 10.4. The summed E-state index contributed by atoms with van der Waals surface area (Å²) in [7, 11) is 0. The van der Waals surface area contributed by atoms with Crippen molar-refractivity contribution in [2.45, 2.75) is 26.7 Å². The number of rotatable bonds is 3. The first-order chi connectivity index (χ1) is 4.18. The van der Waals surface area contributed by atoms with Crippen molar-refractivity contribution in [3.05, 3.63) is 11.6 Å². The van der Waals surface area contributed by atoms with Crippen LogP contribution < -0.4 is 0 Å². The highest BCUT2D eigenvalue weighted by atomic mass is 35.5. The van der Waals surface area contributed by atoms with Crippen LogP contribution in [0.1, 0.15) is 26.7 Å². The minimum Gasteiger partial charge on any atom is -0.478 e. The van der Waals surface area contributed by atoms with E-state index >= 15 is 0 Å². The Labute approximate surface area is 67.3 Å². The predicted octanol–water partition coefficient (Wildman–Crippen LogP) is 2.24. The van der Waals surface area contributed by atoms with Gasteiger partial charge in [0.15, 0.2) is 0 Å². The van der Waals surface area contributed by atoms with E-state index in [2.05, 4.69) is 0 Å². The molecule has 0 atom stereocenters. The third-order valence-electron chi connectivity index (χ3n) is 1.08. The van der Waals surface area contributed by atoms with Crippen LogP contribution in [0.5, 0.6) is 0 Å². The molecule has 10 heavy (non-hydrogen) atoms. The van der Waals surface area contributed by atoms with Gasteiger partial charge in [-0.3, -0.25) is 0 Å². The van der Waals surface area contributed by atoms with Crippen molar-refractivity contribution in [2.24, 2.45) is 0 Å². The Kier molecular flexibility index (Phi) is 8.07. The molecule has 0 rings (SSSR count). The van der Waals surface area contributed by atoms with Crippen LogP contribution in [-0.2, 0) is 4.79 Å². The topological polar surface area (TPSA) is 37.3 Å². The summed E-state index contributed by atoms with van der Waals surface area (Å²) in [6.45, 7) is 3.63. The van der Waals surface area contributed by atoms with Crippen LogP contribution in [0.15, 0.2) is 11.6 Å². The highest BCUT2D eigenvalue weighted by molar-refractivity contribution is 5.85. The molecule has 0 aromatic carbocycles. The van der Waals surface area contributed by atoms with Gasteiger partial charge in [-0.05, 0) is 13.3 Å². The van der Waals surface area contributed by atoms with Gasteiger partial charge in [0.05, 0.1) is 0 Å². The molecule has 60 valence electrons. The van der Waals surface area contributed by atoms with E-state index in [1.165, 1.54) is 0 Å². The van der Waals surface area contributed by atoms with Crippen LogP contribution in [0.4, 0.5) is 0 Å². The lowest BCUT2D eigenvalue weighted by Crippen LogP contribution is -1.95. The number of carbonyl (C=O) groups is 1. The Morgan fingerprint density at radius 2 is 2.10 bits per heavy atom. The van der Waals surface area contributed by atoms with Gasteiger partial charge in [0.1, 0.15) is 0 Å². The fourth-order valence-corrected chi connectivity index (χ4v) is 0.448. The lowest BCUT2D eigenvalue weighted by molar-refractivity contribution is -0.132. The Hall–Kier alpha value is -0.500. The molecule has 0 amide bonds. The van der Waals surface area contributed by atoms with E-state index < -0.39 is 5.97 Å². The van der Waals surface area contributed by atoms with Gasteiger partial charge >= 0.3 is 5.97 Å². The second-order valence-corrected chi connectivity index (χ2v) is 1.98. The molecular weight excluding hydrogens is 152 g/mol. The summed E-state index contributed by atoms with van der Waals surface area (Å²) in [5.41, 5.74) is 0.442. The van der Waals surface area contributed by atoms with Gasteiger partial charge in [-0.15, -0.1) is 12.4 Å². The van der Waals surface area contributed by atoms with Crippen molar-refractivity contribution in [3.8, 4) is 0 Å². The summed E-state index contributed by atoms with van der Waals surface area (Å²) in [6.07, 6.45) is 3.60. The van der Waals surface area contributed by atoms with E-state index in [1.54, 1.807) is 13.0 Å². The van der Waals surface area contributed by atoms with Crippen molar-refractivity contribution in [1.82, 2.24) is 0 Å². The third-order valence-corrected chi connectivity index (χ3v) is 1.08. The maximum Gasteiger partial charge on any atom is 0.330 e. The van der Waals surface area contributed by atoms with E-state index in [1.807, 2.05) is 6.92 Å². The largest absolute Gasteiger partial charge is 0.478 e. The first-order valence-corrected chi connectivity index (χ1v) is 3.08. The van der Waals surface area contributed by atoms with Gasteiger partial charge in [-0.25, -0.2) is 4.79 Å². The third kappa shape index (κ3) is 5.63. The zero-order valence-electron chi connectivity index (χ0n) is 6.26. The second kappa shape index (κ2) is 6.62. The summed E-state index contributed by atoms with van der Waals surface area (Å²) in [4.78, 5) is 10.1. The fraction of sp³-hybridized carbons (Fsp3) is 0.571. The summed E-state index contributed by atoms with van der Waals surface area (Å²) in [6, 6.07) is 0. The van der Waals surface area contributed by atoms with Crippen LogP contribution in [0.2, 0.25) is 0 Å². The monoisotopic (exact) mass is 164 g/mol. The Morgan fingerprint density at radius 1 is 1.60 bits per heavy atom. The zero-order valence-corrected chi connectivity index (χ0v) is 7.07. The molecule has 0 aromatic rings. The molecule has 0 fully saturated rings. The highest BCUT2D eigenvalue weighted by Crippen LogP contribution is 1.96. The van der Waals surface area contributed by atoms with Gasteiger partial charge in [0, 0.05) is 5.57 Å². The SMILES string of the molecule is CCC/C=C(\C)C(=O)O.Cl. The summed E-state index contributed by atoms with van der Waals surface area (Å²) in [5.74, 6) is -0.816. The number of aliphatic carboxylic acids is 1. The van der Waals surface area contributed by atoms with Gasteiger partial charge in [0.25, 0.3) is 0 Å². The van der Waals surface area contributed by atoms with Crippen LogP contribution in [0.25, 0.3) is 0 Å². The molecule has 0 bridgehead atoms. The van der Waals surface area contributed by atoms with Crippen LogP contribution in [-0.4, -0.2) is 11.1 Å². The van der Waals surface area contributed by atoms with Gasteiger partial charge < -0.3 is 5.11 Å². The molecule has 0 saturated heterocycles. The van der Waals surface area contributed by atoms with Crippen molar-refractivity contribution < 1.29 is 9.90 Å². The highest BCUT2D eigenvalue weighted by Gasteiger charge is 1.95. The number of carboxylic acid groups (broad SMARTS) is 1.